The predicted molar refractivity (Wildman–Crippen MR) is 134 cm³/mol. The number of amides is 2. The van der Waals surface area contributed by atoms with Crippen LogP contribution in [0.4, 0.5) is 9.59 Å². The summed E-state index contributed by atoms with van der Waals surface area (Å²) in [5, 5.41) is 6.18. The Hall–Kier alpha value is -3.02. The zero-order chi connectivity index (χ0) is 24.8. The average Bonchev–Trinajstić information content (AvgIpc) is 2.77. The van der Waals surface area contributed by atoms with E-state index in [4.69, 9.17) is 9.47 Å². The molecule has 3 rings (SSSR count). The summed E-state index contributed by atoms with van der Waals surface area (Å²) in [6.07, 6.45) is 3.18. The molecule has 6 nitrogen and oxygen atoms in total. The van der Waals surface area contributed by atoms with Gasteiger partial charge in [-0.05, 0) is 66.7 Å². The maximum Gasteiger partial charge on any atom is 0.412 e. The van der Waals surface area contributed by atoms with Crippen LogP contribution in [0.3, 0.4) is 0 Å². The third-order valence-corrected chi connectivity index (χ3v) is 6.77. The summed E-state index contributed by atoms with van der Waals surface area (Å²) in [7, 11) is 0. The minimum Gasteiger partial charge on any atom is -0.410 e. The van der Waals surface area contributed by atoms with Crippen LogP contribution in [0, 0.1) is 10.8 Å². The van der Waals surface area contributed by atoms with Gasteiger partial charge in [-0.25, -0.2) is 9.59 Å². The fourth-order valence-electron chi connectivity index (χ4n) is 5.64. The molecule has 184 valence electrons. The minimum absolute atomic E-state index is 0.00922. The van der Waals surface area contributed by atoms with Crippen molar-refractivity contribution in [2.45, 2.75) is 78.8 Å². The van der Waals surface area contributed by atoms with Gasteiger partial charge in [0.05, 0.1) is 0 Å². The molecule has 2 N–H and O–H groups in total. The third-order valence-electron chi connectivity index (χ3n) is 6.77. The molecule has 0 bridgehead atoms. The Bertz CT molecular complexity index is 975. The molecule has 1 aliphatic carbocycles. The molecule has 0 aliphatic heterocycles. The second-order valence-corrected chi connectivity index (χ2v) is 10.4. The summed E-state index contributed by atoms with van der Waals surface area (Å²) in [5.74, 6) is 1.11. The van der Waals surface area contributed by atoms with Crippen LogP contribution in [0.15, 0.2) is 54.6 Å². The first-order valence-corrected chi connectivity index (χ1v) is 12.2. The van der Waals surface area contributed by atoms with Crippen molar-refractivity contribution in [2.75, 3.05) is 0 Å². The summed E-state index contributed by atoms with van der Waals surface area (Å²) in [4.78, 5) is 25.4. The largest absolute Gasteiger partial charge is 0.412 e. The lowest BCUT2D eigenvalue weighted by molar-refractivity contribution is 0.0387. The van der Waals surface area contributed by atoms with Crippen molar-refractivity contribution in [1.29, 1.82) is 0 Å². The standard InChI is InChI=1S/C28H38N2O4/c1-6-20-13-11-12-16-23(20)34-25(31)29-21-17-27(3,4)19-28(5,18-21)24(7-2)30-26(32)33-22-14-9-8-10-15-22/h8-16,21,24H,6-7,17-19H2,1-5H3,(H,29,31)(H,30,32). The molecule has 0 heterocycles. The SMILES string of the molecule is CCc1ccccc1OC(=O)NC1CC(C)(C)CC(C)(C(CC)NC(=O)Oc2ccccc2)C1. The molecule has 2 aromatic rings. The van der Waals surface area contributed by atoms with Gasteiger partial charge in [0, 0.05) is 12.1 Å². The highest BCUT2D eigenvalue weighted by molar-refractivity contribution is 5.71. The van der Waals surface area contributed by atoms with Crippen LogP contribution in [0.25, 0.3) is 0 Å². The molecule has 1 fully saturated rings. The van der Waals surface area contributed by atoms with Crippen molar-refractivity contribution >= 4 is 12.2 Å². The minimum atomic E-state index is -0.456. The zero-order valence-electron chi connectivity index (χ0n) is 21.0. The van der Waals surface area contributed by atoms with Crippen LogP contribution >= 0.6 is 0 Å². The number of hydrogen-bond acceptors (Lipinski definition) is 4. The average molecular weight is 467 g/mol. The molecule has 2 aromatic carbocycles. The van der Waals surface area contributed by atoms with Gasteiger partial charge in [0.15, 0.2) is 0 Å². The van der Waals surface area contributed by atoms with Gasteiger partial charge >= 0.3 is 12.2 Å². The summed E-state index contributed by atoms with van der Waals surface area (Å²) in [6, 6.07) is 16.5. The molecule has 0 saturated heterocycles. The van der Waals surface area contributed by atoms with E-state index < -0.39 is 12.2 Å². The highest BCUT2D eigenvalue weighted by Gasteiger charge is 2.46. The van der Waals surface area contributed by atoms with Crippen molar-refractivity contribution in [3.05, 3.63) is 60.2 Å². The van der Waals surface area contributed by atoms with Crippen molar-refractivity contribution < 1.29 is 19.1 Å². The third kappa shape index (κ3) is 6.75. The fraction of sp³-hybridized carbons (Fsp3) is 0.500. The number of carbonyl (C=O) groups is 2. The first-order chi connectivity index (χ1) is 16.1. The molecule has 1 aliphatic rings. The van der Waals surface area contributed by atoms with Gasteiger partial charge in [0.25, 0.3) is 0 Å². The van der Waals surface area contributed by atoms with E-state index in [-0.39, 0.29) is 22.9 Å². The van der Waals surface area contributed by atoms with Crippen LogP contribution in [0.2, 0.25) is 0 Å². The first-order valence-electron chi connectivity index (χ1n) is 12.2. The van der Waals surface area contributed by atoms with Crippen LogP contribution in [-0.4, -0.2) is 24.3 Å². The van der Waals surface area contributed by atoms with Crippen LogP contribution < -0.4 is 20.1 Å². The summed E-state index contributed by atoms with van der Waals surface area (Å²) in [5.41, 5.74) is 0.773. The van der Waals surface area contributed by atoms with Gasteiger partial charge in [0.1, 0.15) is 11.5 Å². The van der Waals surface area contributed by atoms with Gasteiger partial charge in [-0.2, -0.15) is 0 Å². The number of nitrogens with one attached hydrogen (secondary N) is 2. The fourth-order valence-corrected chi connectivity index (χ4v) is 5.64. The normalized spacial score (nSPS) is 22.3. The highest BCUT2D eigenvalue weighted by Crippen LogP contribution is 2.48. The number of para-hydroxylation sites is 2. The topological polar surface area (TPSA) is 76.7 Å². The smallest absolute Gasteiger partial charge is 0.410 e. The Morgan fingerprint density at radius 3 is 2.29 bits per heavy atom. The van der Waals surface area contributed by atoms with E-state index in [1.807, 2.05) is 49.4 Å². The van der Waals surface area contributed by atoms with E-state index in [9.17, 15) is 9.59 Å². The van der Waals surface area contributed by atoms with Crippen molar-refractivity contribution in [2.24, 2.45) is 10.8 Å². The molecule has 2 amide bonds. The first kappa shape index (κ1) is 25.6. The van der Waals surface area contributed by atoms with Gasteiger partial charge in [-0.15, -0.1) is 0 Å². The lowest BCUT2D eigenvalue weighted by Gasteiger charge is -2.50. The molecule has 3 atom stereocenters. The number of rotatable bonds is 7. The van der Waals surface area contributed by atoms with Crippen molar-refractivity contribution in [1.82, 2.24) is 10.6 Å². The van der Waals surface area contributed by atoms with E-state index in [0.717, 1.165) is 37.7 Å². The quantitative estimate of drug-likeness (QED) is 0.489. The van der Waals surface area contributed by atoms with E-state index in [0.29, 0.717) is 11.5 Å². The molecule has 0 aromatic heterocycles. The van der Waals surface area contributed by atoms with Crippen molar-refractivity contribution in [3.8, 4) is 11.5 Å². The van der Waals surface area contributed by atoms with E-state index in [2.05, 4.69) is 38.3 Å². The number of benzene rings is 2. The monoisotopic (exact) mass is 466 g/mol. The van der Waals surface area contributed by atoms with E-state index in [1.165, 1.54) is 0 Å². The highest BCUT2D eigenvalue weighted by atomic mass is 16.6. The summed E-state index contributed by atoms with van der Waals surface area (Å²) >= 11 is 0. The lowest BCUT2D eigenvalue weighted by atomic mass is 9.59. The Kier molecular flexibility index (Phi) is 8.24. The van der Waals surface area contributed by atoms with Crippen molar-refractivity contribution in [3.63, 3.8) is 0 Å². The van der Waals surface area contributed by atoms with Crippen LogP contribution in [0.1, 0.15) is 65.9 Å². The number of aryl methyl sites for hydroxylation is 1. The number of carbonyl (C=O) groups excluding carboxylic acids is 2. The Balaban J connectivity index is 1.68. The van der Waals surface area contributed by atoms with E-state index >= 15 is 0 Å². The lowest BCUT2D eigenvalue weighted by Crippen LogP contribution is -2.55. The van der Waals surface area contributed by atoms with Gasteiger partial charge < -0.3 is 20.1 Å². The Labute approximate surface area is 203 Å². The molecule has 3 unspecified atom stereocenters. The predicted octanol–water partition coefficient (Wildman–Crippen LogP) is 6.49. The maximum absolute atomic E-state index is 12.8. The van der Waals surface area contributed by atoms with Gasteiger partial charge in [-0.3, -0.25) is 0 Å². The zero-order valence-corrected chi connectivity index (χ0v) is 21.0. The molecular weight excluding hydrogens is 428 g/mol. The molecule has 1 saturated carbocycles. The van der Waals surface area contributed by atoms with Gasteiger partial charge in [-0.1, -0.05) is 71.0 Å². The second-order valence-electron chi connectivity index (χ2n) is 10.4. The number of hydrogen-bond donors (Lipinski definition) is 2. The molecule has 34 heavy (non-hydrogen) atoms. The maximum atomic E-state index is 12.8. The molecule has 0 spiro atoms. The van der Waals surface area contributed by atoms with E-state index in [1.54, 1.807) is 12.1 Å². The van der Waals surface area contributed by atoms with Crippen LogP contribution in [-0.2, 0) is 6.42 Å². The second kappa shape index (κ2) is 10.9. The Morgan fingerprint density at radius 2 is 1.62 bits per heavy atom. The Morgan fingerprint density at radius 1 is 0.941 bits per heavy atom. The molecular formula is C28H38N2O4. The molecule has 0 radical (unpaired) electrons. The summed E-state index contributed by atoms with van der Waals surface area (Å²) < 4.78 is 11.1. The molecule has 6 heteroatoms. The van der Waals surface area contributed by atoms with Gasteiger partial charge in [0.2, 0.25) is 0 Å². The van der Waals surface area contributed by atoms with Crippen LogP contribution in [0.5, 0.6) is 11.5 Å². The summed E-state index contributed by atoms with van der Waals surface area (Å²) in [6.45, 7) is 10.7. The number of ether oxygens (including phenoxy) is 2.